The van der Waals surface area contributed by atoms with E-state index in [4.69, 9.17) is 5.73 Å². The molecule has 0 saturated carbocycles. The van der Waals surface area contributed by atoms with Crippen LogP contribution in [0.3, 0.4) is 0 Å². The van der Waals surface area contributed by atoms with E-state index >= 15 is 0 Å². The molecule has 0 unspecified atom stereocenters. The first-order chi connectivity index (χ1) is 5.66. The summed E-state index contributed by atoms with van der Waals surface area (Å²) >= 11 is 3.41. The Morgan fingerprint density at radius 1 is 1.50 bits per heavy atom. The summed E-state index contributed by atoms with van der Waals surface area (Å²) in [5.74, 6) is 0. The summed E-state index contributed by atoms with van der Waals surface area (Å²) in [6, 6.07) is 3.95. The Hall–Kier alpha value is -0.830. The molecule has 64 valence electrons. The molecule has 12 heavy (non-hydrogen) atoms. The lowest BCUT2D eigenvalue weighted by molar-refractivity contribution is 1.42. The van der Waals surface area contributed by atoms with E-state index in [-0.39, 0.29) is 0 Å². The van der Waals surface area contributed by atoms with Gasteiger partial charge in [0.15, 0.2) is 0 Å². The van der Waals surface area contributed by atoms with Gasteiger partial charge in [-0.1, -0.05) is 22.0 Å². The fourth-order valence-electron chi connectivity index (χ4n) is 0.979. The van der Waals surface area contributed by atoms with Crippen LogP contribution < -0.4 is 5.73 Å². The molecule has 0 aromatic heterocycles. The zero-order valence-corrected chi connectivity index (χ0v) is 8.72. The number of benzene rings is 1. The number of nitrogens with zero attached hydrogens (tertiary/aromatic N) is 1. The number of hydrogen-bond donors (Lipinski definition) is 1. The summed E-state index contributed by atoms with van der Waals surface area (Å²) in [6.45, 7) is 1.98. The van der Waals surface area contributed by atoms with Gasteiger partial charge in [0, 0.05) is 29.0 Å². The summed E-state index contributed by atoms with van der Waals surface area (Å²) in [4.78, 5) is 3.93. The number of halogens is 1. The monoisotopic (exact) mass is 226 g/mol. The number of aliphatic imine (C=N–C) groups is 1. The Balaban J connectivity index is 3.32. The van der Waals surface area contributed by atoms with Crippen LogP contribution in [0.2, 0.25) is 0 Å². The SMILES string of the molecule is CN=Cc1c(Br)ccc(C)c1N. The zero-order chi connectivity index (χ0) is 9.14. The van der Waals surface area contributed by atoms with Crippen LogP contribution in [0.1, 0.15) is 11.1 Å². The molecule has 1 rings (SSSR count). The normalized spacial score (nSPS) is 10.9. The highest BCUT2D eigenvalue weighted by Gasteiger charge is 2.03. The van der Waals surface area contributed by atoms with Gasteiger partial charge in [-0.15, -0.1) is 0 Å². The minimum atomic E-state index is 0.787. The molecule has 0 amide bonds. The molecule has 2 nitrogen and oxygen atoms in total. The van der Waals surface area contributed by atoms with Gasteiger partial charge in [0.1, 0.15) is 0 Å². The van der Waals surface area contributed by atoms with E-state index in [9.17, 15) is 0 Å². The Morgan fingerprint density at radius 3 is 2.75 bits per heavy atom. The third kappa shape index (κ3) is 1.67. The second-order valence-electron chi connectivity index (χ2n) is 2.58. The summed E-state index contributed by atoms with van der Waals surface area (Å²) in [5, 5.41) is 0. The number of nitrogens with two attached hydrogens (primary N) is 1. The minimum absolute atomic E-state index is 0.787. The Bertz CT molecular complexity index is 319. The summed E-state index contributed by atoms with van der Waals surface area (Å²) in [6.07, 6.45) is 1.76. The first kappa shape index (κ1) is 9.26. The van der Waals surface area contributed by atoms with Crippen molar-refractivity contribution in [2.24, 2.45) is 4.99 Å². The van der Waals surface area contributed by atoms with Crippen molar-refractivity contribution in [3.63, 3.8) is 0 Å². The largest absolute Gasteiger partial charge is 0.398 e. The van der Waals surface area contributed by atoms with E-state index in [1.54, 1.807) is 13.3 Å². The van der Waals surface area contributed by atoms with Gasteiger partial charge in [0.2, 0.25) is 0 Å². The van der Waals surface area contributed by atoms with Gasteiger partial charge in [-0.25, -0.2) is 0 Å². The van der Waals surface area contributed by atoms with Crippen LogP contribution in [0.4, 0.5) is 5.69 Å². The lowest BCUT2D eigenvalue weighted by atomic mass is 10.1. The predicted octanol–water partition coefficient (Wildman–Crippen LogP) is 2.39. The molecule has 0 bridgehead atoms. The lowest BCUT2D eigenvalue weighted by Gasteiger charge is -2.05. The molecule has 0 aliphatic rings. The van der Waals surface area contributed by atoms with E-state index in [1.807, 2.05) is 19.1 Å². The van der Waals surface area contributed by atoms with E-state index in [1.165, 1.54) is 0 Å². The van der Waals surface area contributed by atoms with Crippen LogP contribution in [0.5, 0.6) is 0 Å². The number of anilines is 1. The van der Waals surface area contributed by atoms with Crippen molar-refractivity contribution in [1.29, 1.82) is 0 Å². The Kier molecular flexibility index (Phi) is 2.87. The van der Waals surface area contributed by atoms with Crippen LogP contribution in [0, 0.1) is 6.92 Å². The van der Waals surface area contributed by atoms with Gasteiger partial charge in [-0.3, -0.25) is 4.99 Å². The second-order valence-corrected chi connectivity index (χ2v) is 3.43. The molecule has 0 aliphatic heterocycles. The first-order valence-electron chi connectivity index (χ1n) is 3.63. The third-order valence-electron chi connectivity index (χ3n) is 1.71. The highest BCUT2D eigenvalue weighted by molar-refractivity contribution is 9.10. The molecular weight excluding hydrogens is 216 g/mol. The smallest absolute Gasteiger partial charge is 0.0444 e. The molecule has 1 aromatic rings. The number of hydrogen-bond acceptors (Lipinski definition) is 2. The molecule has 3 heteroatoms. The maximum atomic E-state index is 5.85. The number of rotatable bonds is 1. The van der Waals surface area contributed by atoms with Crippen molar-refractivity contribution >= 4 is 27.8 Å². The number of nitrogen functional groups attached to an aromatic ring is 1. The number of aryl methyl sites for hydroxylation is 1. The van der Waals surface area contributed by atoms with Crippen molar-refractivity contribution < 1.29 is 0 Å². The van der Waals surface area contributed by atoms with E-state index in [2.05, 4.69) is 20.9 Å². The van der Waals surface area contributed by atoms with Crippen LogP contribution in [0.25, 0.3) is 0 Å². The molecule has 0 spiro atoms. The lowest BCUT2D eigenvalue weighted by Crippen LogP contribution is -1.97. The summed E-state index contributed by atoms with van der Waals surface area (Å²) in [5.41, 5.74) is 8.67. The highest BCUT2D eigenvalue weighted by atomic mass is 79.9. The van der Waals surface area contributed by atoms with Gasteiger partial charge in [0.05, 0.1) is 0 Å². The van der Waals surface area contributed by atoms with Crippen LogP contribution in [-0.2, 0) is 0 Å². The standard InChI is InChI=1S/C9H11BrN2/c1-6-3-4-8(10)7(5-12-2)9(6)11/h3-5H,11H2,1-2H3. The van der Waals surface area contributed by atoms with Crippen molar-refractivity contribution in [3.8, 4) is 0 Å². The Labute approximate surface area is 80.6 Å². The topological polar surface area (TPSA) is 38.4 Å². The fourth-order valence-corrected chi connectivity index (χ4v) is 1.43. The van der Waals surface area contributed by atoms with E-state index < -0.39 is 0 Å². The average molecular weight is 227 g/mol. The van der Waals surface area contributed by atoms with Gasteiger partial charge >= 0.3 is 0 Å². The first-order valence-corrected chi connectivity index (χ1v) is 4.43. The molecule has 0 saturated heterocycles. The van der Waals surface area contributed by atoms with Crippen LogP contribution in [0.15, 0.2) is 21.6 Å². The van der Waals surface area contributed by atoms with Gasteiger partial charge < -0.3 is 5.73 Å². The molecule has 2 N–H and O–H groups in total. The van der Waals surface area contributed by atoms with Crippen LogP contribution >= 0.6 is 15.9 Å². The van der Waals surface area contributed by atoms with Gasteiger partial charge in [0.25, 0.3) is 0 Å². The average Bonchev–Trinajstić information content (AvgIpc) is 2.06. The molecule has 1 aromatic carbocycles. The maximum absolute atomic E-state index is 5.85. The minimum Gasteiger partial charge on any atom is -0.398 e. The van der Waals surface area contributed by atoms with E-state index in [0.717, 1.165) is 21.3 Å². The van der Waals surface area contributed by atoms with Gasteiger partial charge in [-0.2, -0.15) is 0 Å². The molecule has 0 heterocycles. The summed E-state index contributed by atoms with van der Waals surface area (Å²) < 4.78 is 0.983. The third-order valence-corrected chi connectivity index (χ3v) is 2.40. The molecule has 0 radical (unpaired) electrons. The molecular formula is C9H11BrN2. The van der Waals surface area contributed by atoms with Crippen molar-refractivity contribution in [3.05, 3.63) is 27.7 Å². The molecule has 0 fully saturated rings. The summed E-state index contributed by atoms with van der Waals surface area (Å²) in [7, 11) is 1.73. The maximum Gasteiger partial charge on any atom is 0.0444 e. The van der Waals surface area contributed by atoms with Crippen molar-refractivity contribution in [2.45, 2.75) is 6.92 Å². The quantitative estimate of drug-likeness (QED) is 0.580. The molecule has 0 aliphatic carbocycles. The van der Waals surface area contributed by atoms with E-state index in [0.29, 0.717) is 0 Å². The van der Waals surface area contributed by atoms with Crippen LogP contribution in [-0.4, -0.2) is 13.3 Å². The van der Waals surface area contributed by atoms with Crippen molar-refractivity contribution in [2.75, 3.05) is 12.8 Å². The molecule has 0 atom stereocenters. The fraction of sp³-hybridized carbons (Fsp3) is 0.222. The van der Waals surface area contributed by atoms with Gasteiger partial charge in [-0.05, 0) is 18.6 Å². The Morgan fingerprint density at radius 2 is 2.17 bits per heavy atom. The zero-order valence-electron chi connectivity index (χ0n) is 7.13. The predicted molar refractivity (Wildman–Crippen MR) is 56.8 cm³/mol. The highest BCUT2D eigenvalue weighted by Crippen LogP contribution is 2.23. The second kappa shape index (κ2) is 3.72. The van der Waals surface area contributed by atoms with Crippen molar-refractivity contribution in [1.82, 2.24) is 0 Å².